The van der Waals surface area contributed by atoms with Crippen molar-refractivity contribution < 1.29 is 0 Å². The van der Waals surface area contributed by atoms with E-state index in [0.717, 1.165) is 24.3 Å². The van der Waals surface area contributed by atoms with E-state index in [-0.39, 0.29) is 0 Å². The highest BCUT2D eigenvalue weighted by molar-refractivity contribution is 4.91. The molecule has 16 heavy (non-hydrogen) atoms. The van der Waals surface area contributed by atoms with Crippen molar-refractivity contribution in [2.24, 2.45) is 29.4 Å². The fourth-order valence-electron chi connectivity index (χ4n) is 3.89. The van der Waals surface area contributed by atoms with Crippen LogP contribution in [0.1, 0.15) is 39.0 Å². The third-order valence-electron chi connectivity index (χ3n) is 4.91. The van der Waals surface area contributed by atoms with Crippen molar-refractivity contribution >= 4 is 0 Å². The Hall–Kier alpha value is -0.0800. The SMILES string of the molecule is CCC(CN)CN(C)CC1CC2CCC1C2. The van der Waals surface area contributed by atoms with Crippen LogP contribution in [-0.4, -0.2) is 31.6 Å². The Morgan fingerprint density at radius 1 is 1.31 bits per heavy atom. The van der Waals surface area contributed by atoms with Gasteiger partial charge in [-0.05, 0) is 56.5 Å². The van der Waals surface area contributed by atoms with Gasteiger partial charge in [0.15, 0.2) is 0 Å². The van der Waals surface area contributed by atoms with E-state index in [9.17, 15) is 0 Å². The molecule has 0 saturated heterocycles. The van der Waals surface area contributed by atoms with Gasteiger partial charge in [0, 0.05) is 13.1 Å². The van der Waals surface area contributed by atoms with Gasteiger partial charge in [0.05, 0.1) is 0 Å². The van der Waals surface area contributed by atoms with Gasteiger partial charge in [0.1, 0.15) is 0 Å². The highest BCUT2D eigenvalue weighted by Crippen LogP contribution is 2.48. The maximum atomic E-state index is 5.77. The normalized spacial score (nSPS) is 34.9. The zero-order chi connectivity index (χ0) is 11.5. The van der Waals surface area contributed by atoms with E-state index < -0.39 is 0 Å². The minimum atomic E-state index is 0.698. The summed E-state index contributed by atoms with van der Waals surface area (Å²) >= 11 is 0. The highest BCUT2D eigenvalue weighted by atomic mass is 15.1. The molecule has 0 aliphatic heterocycles. The molecular formula is C14H28N2. The smallest absolute Gasteiger partial charge is 0.00187 e. The Labute approximate surface area is 101 Å². The number of nitrogens with two attached hydrogens (primary N) is 1. The van der Waals surface area contributed by atoms with Crippen molar-refractivity contribution in [3.8, 4) is 0 Å². The van der Waals surface area contributed by atoms with E-state index >= 15 is 0 Å². The Morgan fingerprint density at radius 3 is 2.62 bits per heavy atom. The van der Waals surface area contributed by atoms with E-state index in [1.807, 2.05) is 0 Å². The molecule has 2 aliphatic carbocycles. The van der Waals surface area contributed by atoms with Gasteiger partial charge in [-0.25, -0.2) is 0 Å². The van der Waals surface area contributed by atoms with Crippen molar-refractivity contribution in [1.82, 2.24) is 4.90 Å². The van der Waals surface area contributed by atoms with Crippen molar-refractivity contribution in [2.45, 2.75) is 39.0 Å². The second-order valence-electron chi connectivity index (χ2n) is 6.17. The second-order valence-corrected chi connectivity index (χ2v) is 6.17. The molecule has 0 amide bonds. The molecule has 0 aromatic rings. The van der Waals surface area contributed by atoms with Crippen LogP contribution in [0.15, 0.2) is 0 Å². The van der Waals surface area contributed by atoms with Crippen molar-refractivity contribution in [2.75, 3.05) is 26.7 Å². The van der Waals surface area contributed by atoms with E-state index in [1.54, 1.807) is 0 Å². The summed E-state index contributed by atoms with van der Waals surface area (Å²) in [7, 11) is 2.28. The molecular weight excluding hydrogens is 196 g/mol. The van der Waals surface area contributed by atoms with Crippen LogP contribution in [-0.2, 0) is 0 Å². The maximum Gasteiger partial charge on any atom is 0.00187 e. The van der Waals surface area contributed by atoms with Gasteiger partial charge in [0.25, 0.3) is 0 Å². The molecule has 4 atom stereocenters. The number of nitrogens with zero attached hydrogens (tertiary/aromatic N) is 1. The Bertz CT molecular complexity index is 213. The van der Waals surface area contributed by atoms with Crippen LogP contribution < -0.4 is 5.73 Å². The van der Waals surface area contributed by atoms with Crippen LogP contribution in [0.2, 0.25) is 0 Å². The summed E-state index contributed by atoms with van der Waals surface area (Å²) < 4.78 is 0. The summed E-state index contributed by atoms with van der Waals surface area (Å²) in [6, 6.07) is 0. The Morgan fingerprint density at radius 2 is 2.12 bits per heavy atom. The molecule has 0 aromatic carbocycles. The summed E-state index contributed by atoms with van der Waals surface area (Å²) in [6.45, 7) is 5.61. The molecule has 2 rings (SSSR count). The van der Waals surface area contributed by atoms with Crippen LogP contribution in [0.5, 0.6) is 0 Å². The summed E-state index contributed by atoms with van der Waals surface area (Å²) in [5, 5.41) is 0. The first kappa shape index (κ1) is 12.4. The minimum absolute atomic E-state index is 0.698. The quantitative estimate of drug-likeness (QED) is 0.750. The molecule has 2 bridgehead atoms. The number of hydrogen-bond acceptors (Lipinski definition) is 2. The fraction of sp³-hybridized carbons (Fsp3) is 1.00. The van der Waals surface area contributed by atoms with E-state index in [4.69, 9.17) is 5.73 Å². The van der Waals surface area contributed by atoms with Gasteiger partial charge in [-0.3, -0.25) is 0 Å². The van der Waals surface area contributed by atoms with Crippen LogP contribution in [0.25, 0.3) is 0 Å². The first-order valence-corrected chi connectivity index (χ1v) is 7.11. The van der Waals surface area contributed by atoms with E-state index in [1.165, 1.54) is 45.2 Å². The monoisotopic (exact) mass is 224 g/mol. The molecule has 2 nitrogen and oxygen atoms in total. The lowest BCUT2D eigenvalue weighted by Crippen LogP contribution is -2.34. The van der Waals surface area contributed by atoms with Crippen LogP contribution in [0.4, 0.5) is 0 Å². The van der Waals surface area contributed by atoms with Gasteiger partial charge in [-0.15, -0.1) is 0 Å². The van der Waals surface area contributed by atoms with Crippen molar-refractivity contribution in [3.05, 3.63) is 0 Å². The Balaban J connectivity index is 1.72. The number of rotatable bonds is 6. The average molecular weight is 224 g/mol. The minimum Gasteiger partial charge on any atom is -0.330 e. The predicted octanol–water partition coefficient (Wildman–Crippen LogP) is 2.34. The van der Waals surface area contributed by atoms with Crippen molar-refractivity contribution in [1.29, 1.82) is 0 Å². The lowest BCUT2D eigenvalue weighted by molar-refractivity contribution is 0.197. The van der Waals surface area contributed by atoms with Crippen molar-refractivity contribution in [3.63, 3.8) is 0 Å². The molecule has 0 radical (unpaired) electrons. The first-order valence-electron chi connectivity index (χ1n) is 7.11. The molecule has 0 spiro atoms. The highest BCUT2D eigenvalue weighted by Gasteiger charge is 2.39. The van der Waals surface area contributed by atoms with Gasteiger partial charge >= 0.3 is 0 Å². The number of hydrogen-bond donors (Lipinski definition) is 1. The molecule has 2 aliphatic rings. The van der Waals surface area contributed by atoms with E-state index in [2.05, 4.69) is 18.9 Å². The largest absolute Gasteiger partial charge is 0.330 e. The molecule has 94 valence electrons. The molecule has 2 saturated carbocycles. The summed E-state index contributed by atoms with van der Waals surface area (Å²) in [6.07, 6.45) is 7.29. The number of fused-ring (bicyclic) bond motifs is 2. The van der Waals surface area contributed by atoms with Gasteiger partial charge in [0.2, 0.25) is 0 Å². The molecule has 0 heterocycles. The van der Waals surface area contributed by atoms with Crippen LogP contribution in [0.3, 0.4) is 0 Å². The molecule has 4 unspecified atom stereocenters. The first-order chi connectivity index (χ1) is 7.72. The van der Waals surface area contributed by atoms with Gasteiger partial charge in [-0.1, -0.05) is 19.8 Å². The third kappa shape index (κ3) is 2.78. The summed E-state index contributed by atoms with van der Waals surface area (Å²) in [5.74, 6) is 3.84. The lowest BCUT2D eigenvalue weighted by Gasteiger charge is -2.29. The standard InChI is InChI=1S/C14H28N2/c1-3-11(8-15)9-16(2)10-14-7-12-4-5-13(14)6-12/h11-14H,3-10,15H2,1-2H3. The Kier molecular flexibility index (Phi) is 4.26. The summed E-state index contributed by atoms with van der Waals surface area (Å²) in [4.78, 5) is 2.53. The average Bonchev–Trinajstić information content (AvgIpc) is 2.87. The topological polar surface area (TPSA) is 29.3 Å². The van der Waals surface area contributed by atoms with Gasteiger partial charge in [-0.2, -0.15) is 0 Å². The molecule has 0 aromatic heterocycles. The third-order valence-corrected chi connectivity index (χ3v) is 4.91. The fourth-order valence-corrected chi connectivity index (χ4v) is 3.89. The van der Waals surface area contributed by atoms with Crippen LogP contribution >= 0.6 is 0 Å². The van der Waals surface area contributed by atoms with Gasteiger partial charge < -0.3 is 10.6 Å². The zero-order valence-electron chi connectivity index (χ0n) is 11.0. The second kappa shape index (κ2) is 5.50. The predicted molar refractivity (Wildman–Crippen MR) is 69.3 cm³/mol. The molecule has 2 heteroatoms. The molecule has 2 N–H and O–H groups in total. The van der Waals surface area contributed by atoms with E-state index in [0.29, 0.717) is 5.92 Å². The maximum absolute atomic E-state index is 5.77. The molecule has 2 fully saturated rings. The zero-order valence-corrected chi connectivity index (χ0v) is 11.0. The lowest BCUT2D eigenvalue weighted by atomic mass is 9.88. The van der Waals surface area contributed by atoms with Crippen LogP contribution in [0, 0.1) is 23.7 Å². The summed E-state index contributed by atoms with van der Waals surface area (Å²) in [5.41, 5.74) is 5.77.